The minimum Gasteiger partial charge on any atom is -0.494 e. The molecule has 0 atom stereocenters. The minimum atomic E-state index is 0.755. The van der Waals surface area contributed by atoms with Crippen molar-refractivity contribution in [2.45, 2.75) is 132 Å². The van der Waals surface area contributed by atoms with E-state index in [4.69, 9.17) is 9.47 Å². The maximum Gasteiger partial charge on any atom is 0.118 e. The van der Waals surface area contributed by atoms with Crippen LogP contribution in [0.2, 0.25) is 0 Å². The Morgan fingerprint density at radius 3 is 2.10 bits per heavy atom. The molecule has 230 valence electrons. The van der Waals surface area contributed by atoms with Gasteiger partial charge in [0, 0.05) is 13.2 Å². The van der Waals surface area contributed by atoms with Gasteiger partial charge in [-0.2, -0.15) is 0 Å². The van der Waals surface area contributed by atoms with Crippen molar-refractivity contribution >= 4 is 11.1 Å². The van der Waals surface area contributed by atoms with Gasteiger partial charge in [-0.05, 0) is 117 Å². The molecule has 41 heavy (non-hydrogen) atoms. The Labute approximate surface area is 254 Å². The number of hydrogen-bond donors (Lipinski definition) is 0. The van der Waals surface area contributed by atoms with Crippen molar-refractivity contribution in [2.24, 2.45) is 0 Å². The van der Waals surface area contributed by atoms with Gasteiger partial charge in [-0.25, -0.2) is 0 Å². The average molecular weight is 563 g/mol. The summed E-state index contributed by atoms with van der Waals surface area (Å²) in [6.07, 6.45) is 25.1. The summed E-state index contributed by atoms with van der Waals surface area (Å²) < 4.78 is 12.1. The highest BCUT2D eigenvalue weighted by molar-refractivity contribution is 5.82. The van der Waals surface area contributed by atoms with Gasteiger partial charge in [0.15, 0.2) is 0 Å². The van der Waals surface area contributed by atoms with Crippen LogP contribution in [0.4, 0.5) is 0 Å². The summed E-state index contributed by atoms with van der Waals surface area (Å²) >= 11 is 0. The first-order valence-corrected chi connectivity index (χ1v) is 16.7. The van der Waals surface area contributed by atoms with Crippen LogP contribution in [0.1, 0.15) is 143 Å². The van der Waals surface area contributed by atoms with Gasteiger partial charge in [-0.1, -0.05) is 103 Å². The molecule has 0 saturated carbocycles. The highest BCUT2D eigenvalue weighted by Crippen LogP contribution is 2.31. The summed E-state index contributed by atoms with van der Waals surface area (Å²) in [7, 11) is 0. The molecule has 1 rings (SSSR count). The van der Waals surface area contributed by atoms with Gasteiger partial charge in [0.25, 0.3) is 0 Å². The molecule has 0 aliphatic rings. The van der Waals surface area contributed by atoms with Crippen LogP contribution in [0.5, 0.6) is 0 Å². The maximum absolute atomic E-state index is 6.29. The van der Waals surface area contributed by atoms with Crippen molar-refractivity contribution in [1.82, 2.24) is 0 Å². The van der Waals surface area contributed by atoms with Crippen molar-refractivity contribution < 1.29 is 9.47 Å². The Balaban J connectivity index is 2.89. The Morgan fingerprint density at radius 2 is 1.49 bits per heavy atom. The van der Waals surface area contributed by atoms with Gasteiger partial charge < -0.3 is 9.47 Å². The number of ether oxygens (including phenoxy) is 2. The van der Waals surface area contributed by atoms with Crippen LogP contribution in [0.25, 0.3) is 11.1 Å². The van der Waals surface area contributed by atoms with Gasteiger partial charge in [0.05, 0.1) is 6.61 Å². The second kappa shape index (κ2) is 23.3. The molecule has 2 nitrogen and oxygen atoms in total. The Morgan fingerprint density at radius 1 is 0.780 bits per heavy atom. The highest BCUT2D eigenvalue weighted by Gasteiger charge is 2.11. The van der Waals surface area contributed by atoms with Crippen LogP contribution in [0.3, 0.4) is 0 Å². The van der Waals surface area contributed by atoms with Crippen LogP contribution in [-0.2, 0) is 15.9 Å². The SMILES string of the molecule is C\C=C(/C=C\C(OCCCCCOCCCCCC)=C(/C)CC)c1ccc(C(=C/CCC)/C(C)=C\CC)c(CC)c1. The first-order valence-electron chi connectivity index (χ1n) is 16.7. The molecule has 1 aromatic carbocycles. The lowest BCUT2D eigenvalue weighted by Crippen LogP contribution is -2.00. The molecule has 0 aromatic heterocycles. The van der Waals surface area contributed by atoms with E-state index < -0.39 is 0 Å². The zero-order valence-electron chi connectivity index (χ0n) is 28.0. The Kier molecular flexibility index (Phi) is 20.8. The summed E-state index contributed by atoms with van der Waals surface area (Å²) in [5.74, 6) is 1.01. The summed E-state index contributed by atoms with van der Waals surface area (Å²) in [4.78, 5) is 0. The largest absolute Gasteiger partial charge is 0.494 e. The summed E-state index contributed by atoms with van der Waals surface area (Å²) in [5.41, 5.74) is 9.34. The molecule has 0 aliphatic heterocycles. The van der Waals surface area contributed by atoms with Crippen LogP contribution < -0.4 is 0 Å². The van der Waals surface area contributed by atoms with Gasteiger partial charge in [0.1, 0.15) is 5.76 Å². The molecule has 0 N–H and O–H groups in total. The quantitative estimate of drug-likeness (QED) is 0.0795. The van der Waals surface area contributed by atoms with Gasteiger partial charge >= 0.3 is 0 Å². The molecule has 0 radical (unpaired) electrons. The van der Waals surface area contributed by atoms with E-state index in [2.05, 4.69) is 104 Å². The Hall–Kier alpha value is -2.32. The summed E-state index contributed by atoms with van der Waals surface area (Å²) in [5, 5.41) is 0. The molecular formula is C39H62O2. The standard InChI is InChI=1S/C39H62O2/c1-9-15-17-19-28-40-29-20-18-21-30-41-39(32(7)12-4)27-25-34(13-5)36-24-26-38(35(14-6)31-36)37(23-16-10-2)33(8)22-11-3/h13,22-27,31H,9-12,14-21,28-30H2,1-8H3/b27-25-,33-22-,34-13+,37-23+,39-32-. The maximum atomic E-state index is 6.29. The second-order valence-electron chi connectivity index (χ2n) is 11.1. The number of rotatable bonds is 22. The number of aryl methyl sites for hydroxylation is 1. The normalized spacial score (nSPS) is 13.7. The molecule has 0 fully saturated rings. The van der Waals surface area contributed by atoms with Crippen LogP contribution in [-0.4, -0.2) is 19.8 Å². The van der Waals surface area contributed by atoms with Gasteiger partial charge in [0.2, 0.25) is 0 Å². The first kappa shape index (κ1) is 36.7. The van der Waals surface area contributed by atoms with Crippen molar-refractivity contribution in [1.29, 1.82) is 0 Å². The van der Waals surface area contributed by atoms with E-state index in [1.807, 2.05) is 0 Å². The third-order valence-corrected chi connectivity index (χ3v) is 7.69. The van der Waals surface area contributed by atoms with Crippen molar-refractivity contribution in [3.63, 3.8) is 0 Å². The molecule has 1 aromatic rings. The number of hydrogen-bond acceptors (Lipinski definition) is 2. The number of allylic oxidation sites excluding steroid dienone is 9. The van der Waals surface area contributed by atoms with Gasteiger partial charge in [-0.3, -0.25) is 0 Å². The van der Waals surface area contributed by atoms with E-state index in [-0.39, 0.29) is 0 Å². The number of unbranched alkanes of at least 4 members (excludes halogenated alkanes) is 6. The molecule has 0 aliphatic carbocycles. The van der Waals surface area contributed by atoms with Crippen LogP contribution in [0.15, 0.2) is 65.5 Å². The van der Waals surface area contributed by atoms with E-state index in [0.29, 0.717) is 0 Å². The van der Waals surface area contributed by atoms with E-state index in [9.17, 15) is 0 Å². The van der Waals surface area contributed by atoms with E-state index in [1.165, 1.54) is 71.1 Å². The lowest BCUT2D eigenvalue weighted by Gasteiger charge is -2.16. The minimum absolute atomic E-state index is 0.755. The van der Waals surface area contributed by atoms with E-state index >= 15 is 0 Å². The Bertz CT molecular complexity index is 1000. The summed E-state index contributed by atoms with van der Waals surface area (Å²) in [6, 6.07) is 7.01. The fraction of sp³-hybridized carbons (Fsp3) is 0.590. The lowest BCUT2D eigenvalue weighted by atomic mass is 9.89. The summed E-state index contributed by atoms with van der Waals surface area (Å²) in [6.45, 7) is 20.3. The molecule has 0 amide bonds. The predicted octanol–water partition coefficient (Wildman–Crippen LogP) is 12.2. The molecule has 0 spiro atoms. The second-order valence-corrected chi connectivity index (χ2v) is 11.1. The van der Waals surface area contributed by atoms with Crippen molar-refractivity contribution in [2.75, 3.05) is 19.8 Å². The van der Waals surface area contributed by atoms with Crippen LogP contribution in [0, 0.1) is 0 Å². The smallest absolute Gasteiger partial charge is 0.118 e. The molecule has 0 heterocycles. The number of benzene rings is 1. The third-order valence-electron chi connectivity index (χ3n) is 7.69. The third kappa shape index (κ3) is 14.4. The lowest BCUT2D eigenvalue weighted by molar-refractivity contribution is 0.123. The predicted molar refractivity (Wildman–Crippen MR) is 183 cm³/mol. The zero-order valence-corrected chi connectivity index (χ0v) is 28.0. The molecule has 2 heteroatoms. The van der Waals surface area contributed by atoms with Gasteiger partial charge in [-0.15, -0.1) is 0 Å². The topological polar surface area (TPSA) is 18.5 Å². The van der Waals surface area contributed by atoms with E-state index in [0.717, 1.165) is 70.5 Å². The molecule has 0 bridgehead atoms. The van der Waals surface area contributed by atoms with E-state index in [1.54, 1.807) is 0 Å². The molecule has 0 unspecified atom stereocenters. The monoisotopic (exact) mass is 562 g/mol. The van der Waals surface area contributed by atoms with Crippen molar-refractivity contribution in [3.8, 4) is 0 Å². The average Bonchev–Trinajstić information content (AvgIpc) is 2.99. The van der Waals surface area contributed by atoms with Crippen LogP contribution >= 0.6 is 0 Å². The zero-order chi connectivity index (χ0) is 30.3. The first-order chi connectivity index (χ1) is 20.0. The van der Waals surface area contributed by atoms with Crippen molar-refractivity contribution in [3.05, 3.63) is 82.2 Å². The fourth-order valence-electron chi connectivity index (χ4n) is 4.93. The molecular weight excluding hydrogens is 500 g/mol. The fourth-order valence-corrected chi connectivity index (χ4v) is 4.93. The highest BCUT2D eigenvalue weighted by atomic mass is 16.5. The molecule has 0 saturated heterocycles.